The number of carbonyl (C=O) groups excluding carboxylic acids is 2. The molecule has 174 valence electrons. The Morgan fingerprint density at radius 3 is 2.73 bits per heavy atom. The maximum Gasteiger partial charge on any atom is 0.416 e. The number of methoxy groups -OCH3 is 1. The molecule has 10 heteroatoms. The fourth-order valence-corrected chi connectivity index (χ4v) is 3.89. The molecule has 0 saturated heterocycles. The van der Waals surface area contributed by atoms with Crippen LogP contribution in [0.4, 0.5) is 13.2 Å². The fraction of sp³-hybridized carbons (Fsp3) is 0.304. The predicted molar refractivity (Wildman–Crippen MR) is 107 cm³/mol. The summed E-state index contributed by atoms with van der Waals surface area (Å²) >= 11 is 0. The summed E-state index contributed by atoms with van der Waals surface area (Å²) in [5, 5.41) is 0. The van der Waals surface area contributed by atoms with E-state index in [1.54, 1.807) is 12.1 Å². The van der Waals surface area contributed by atoms with E-state index in [9.17, 15) is 22.8 Å². The number of hydrogen-bond acceptors (Lipinski definition) is 7. The second-order valence-corrected chi connectivity index (χ2v) is 7.54. The molecule has 0 spiro atoms. The summed E-state index contributed by atoms with van der Waals surface area (Å²) in [6.45, 7) is -0.170. The second kappa shape index (κ2) is 8.68. The Bertz CT molecular complexity index is 1160. The van der Waals surface area contributed by atoms with Gasteiger partial charge in [-0.1, -0.05) is 6.07 Å². The first-order valence-electron chi connectivity index (χ1n) is 10.1. The Kier molecular flexibility index (Phi) is 5.92. The number of hydrogen-bond donors (Lipinski definition) is 1. The van der Waals surface area contributed by atoms with Crippen LogP contribution < -0.4 is 10.5 Å². The van der Waals surface area contributed by atoms with Gasteiger partial charge in [-0.3, -0.25) is 4.79 Å². The maximum absolute atomic E-state index is 12.9. The van der Waals surface area contributed by atoms with Crippen LogP contribution in [0.5, 0.6) is 5.75 Å². The molecule has 7 nitrogen and oxygen atoms in total. The monoisotopic (exact) mass is 463 g/mol. The second-order valence-electron chi connectivity index (χ2n) is 7.54. The van der Waals surface area contributed by atoms with Gasteiger partial charge in [-0.2, -0.15) is 13.2 Å². The summed E-state index contributed by atoms with van der Waals surface area (Å²) in [7, 11) is 1.18. The maximum atomic E-state index is 12.9. The summed E-state index contributed by atoms with van der Waals surface area (Å²) in [5.74, 6) is -1.11. The highest BCUT2D eigenvalue weighted by atomic mass is 19.4. The van der Waals surface area contributed by atoms with Gasteiger partial charge >= 0.3 is 12.1 Å². The van der Waals surface area contributed by atoms with E-state index >= 15 is 0 Å². The molecule has 2 aliphatic rings. The predicted octanol–water partition coefficient (Wildman–Crippen LogP) is 4.34. The minimum atomic E-state index is -4.49. The SMILES string of the molecule is COC(=O)C1=C(N)OC2=C(C(=O)CCC2)C1c1ccc(COc2cccc(C(F)(F)F)c2)o1. The highest BCUT2D eigenvalue weighted by Gasteiger charge is 2.42. The lowest BCUT2D eigenvalue weighted by atomic mass is 9.79. The number of ketones is 1. The number of furan rings is 1. The largest absolute Gasteiger partial charge is 0.486 e. The van der Waals surface area contributed by atoms with Crippen LogP contribution in [0.2, 0.25) is 0 Å². The molecule has 33 heavy (non-hydrogen) atoms. The van der Waals surface area contributed by atoms with Gasteiger partial charge in [0.1, 0.15) is 35.2 Å². The summed E-state index contributed by atoms with van der Waals surface area (Å²) in [4.78, 5) is 25.1. The van der Waals surface area contributed by atoms with Crippen molar-refractivity contribution < 1.29 is 41.4 Å². The van der Waals surface area contributed by atoms with Crippen LogP contribution in [0.1, 0.15) is 42.3 Å². The first-order chi connectivity index (χ1) is 15.7. The number of rotatable bonds is 5. The minimum Gasteiger partial charge on any atom is -0.486 e. The number of ether oxygens (including phenoxy) is 3. The van der Waals surface area contributed by atoms with E-state index < -0.39 is 23.6 Å². The molecule has 1 aliphatic carbocycles. The number of nitrogens with two attached hydrogens (primary N) is 1. The van der Waals surface area contributed by atoms with Crippen LogP contribution in [0.3, 0.4) is 0 Å². The molecule has 0 bridgehead atoms. The van der Waals surface area contributed by atoms with Crippen molar-refractivity contribution in [2.24, 2.45) is 5.73 Å². The first-order valence-corrected chi connectivity index (χ1v) is 10.1. The van der Waals surface area contributed by atoms with Crippen LogP contribution >= 0.6 is 0 Å². The lowest BCUT2D eigenvalue weighted by molar-refractivity contribution is -0.138. The zero-order valence-electron chi connectivity index (χ0n) is 17.5. The van der Waals surface area contributed by atoms with Crippen molar-refractivity contribution in [2.45, 2.75) is 38.0 Å². The van der Waals surface area contributed by atoms with Crippen LogP contribution in [0.25, 0.3) is 0 Å². The molecule has 0 amide bonds. The van der Waals surface area contributed by atoms with Gasteiger partial charge in [-0.15, -0.1) is 0 Å². The third-order valence-corrected chi connectivity index (χ3v) is 5.40. The third kappa shape index (κ3) is 4.46. The normalized spacial score (nSPS) is 18.7. The van der Waals surface area contributed by atoms with Crippen molar-refractivity contribution in [3.63, 3.8) is 0 Å². The summed E-state index contributed by atoms with van der Waals surface area (Å²) in [6, 6.07) is 7.58. The van der Waals surface area contributed by atoms with E-state index in [1.165, 1.54) is 19.2 Å². The number of halogens is 3. The molecule has 1 unspecified atom stereocenters. The summed E-state index contributed by atoms with van der Waals surface area (Å²) in [5.41, 5.74) is 5.38. The third-order valence-electron chi connectivity index (χ3n) is 5.40. The van der Waals surface area contributed by atoms with Crippen LogP contribution in [-0.2, 0) is 31.8 Å². The van der Waals surface area contributed by atoms with E-state index in [1.807, 2.05) is 0 Å². The molecule has 0 fully saturated rings. The smallest absolute Gasteiger partial charge is 0.416 e. The van der Waals surface area contributed by atoms with Crippen molar-refractivity contribution in [3.05, 3.63) is 76.3 Å². The highest BCUT2D eigenvalue weighted by Crippen LogP contribution is 2.44. The fourth-order valence-electron chi connectivity index (χ4n) is 3.89. The van der Waals surface area contributed by atoms with Gasteiger partial charge in [0.2, 0.25) is 5.88 Å². The lowest BCUT2D eigenvalue weighted by Crippen LogP contribution is -2.31. The Morgan fingerprint density at radius 1 is 1.21 bits per heavy atom. The van der Waals surface area contributed by atoms with Gasteiger partial charge in [0.25, 0.3) is 0 Å². The standard InChI is InChI=1S/C23H20F3NO6/c1-30-22(29)20-19(18-15(28)6-3-7-16(18)33-21(20)27)17-9-8-14(32-17)11-31-13-5-2-4-12(10-13)23(24,25)26/h2,4-5,8-10,19H,3,6-7,11,27H2,1H3. The quantitative estimate of drug-likeness (QED) is 0.659. The Balaban J connectivity index is 1.61. The molecule has 1 atom stereocenters. The molecule has 1 aromatic carbocycles. The van der Waals surface area contributed by atoms with E-state index in [2.05, 4.69) is 0 Å². The van der Waals surface area contributed by atoms with Gasteiger partial charge in [-0.05, 0) is 36.8 Å². The van der Waals surface area contributed by atoms with Gasteiger partial charge < -0.3 is 24.4 Å². The molecule has 1 aliphatic heterocycles. The number of Topliss-reactive ketones (excluding diaryl/α,β-unsaturated/α-hetero) is 1. The van der Waals surface area contributed by atoms with Crippen LogP contribution in [0.15, 0.2) is 63.6 Å². The van der Waals surface area contributed by atoms with Crippen LogP contribution in [0, 0.1) is 0 Å². The summed E-state index contributed by atoms with van der Waals surface area (Å²) < 4.78 is 60.4. The average Bonchev–Trinajstić information content (AvgIpc) is 3.25. The van der Waals surface area contributed by atoms with Crippen molar-refractivity contribution in [3.8, 4) is 5.75 Å². The first kappa shape index (κ1) is 22.5. The highest BCUT2D eigenvalue weighted by molar-refractivity contribution is 6.03. The lowest BCUT2D eigenvalue weighted by Gasteiger charge is -2.30. The Labute approximate surface area is 186 Å². The number of benzene rings is 1. The number of alkyl halides is 3. The number of allylic oxidation sites excluding steroid dienone is 2. The van der Waals surface area contributed by atoms with Crippen molar-refractivity contribution in [1.82, 2.24) is 0 Å². The van der Waals surface area contributed by atoms with E-state index in [0.717, 1.165) is 12.1 Å². The van der Waals surface area contributed by atoms with Crippen LogP contribution in [-0.4, -0.2) is 18.9 Å². The molecular weight excluding hydrogens is 443 g/mol. The number of carbonyl (C=O) groups is 2. The topological polar surface area (TPSA) is 101 Å². The molecular formula is C23H20F3NO6. The molecule has 4 rings (SSSR count). The average molecular weight is 463 g/mol. The molecule has 2 aromatic rings. The van der Waals surface area contributed by atoms with Gasteiger partial charge in [0.05, 0.1) is 18.6 Å². The van der Waals surface area contributed by atoms with Gasteiger partial charge in [-0.25, -0.2) is 4.79 Å². The molecule has 2 N–H and O–H groups in total. The molecule has 1 aromatic heterocycles. The van der Waals surface area contributed by atoms with Crippen molar-refractivity contribution >= 4 is 11.8 Å². The van der Waals surface area contributed by atoms with Crippen molar-refractivity contribution in [2.75, 3.05) is 7.11 Å². The van der Waals surface area contributed by atoms with Crippen molar-refractivity contribution in [1.29, 1.82) is 0 Å². The zero-order chi connectivity index (χ0) is 23.8. The molecule has 0 saturated carbocycles. The molecule has 0 radical (unpaired) electrons. The van der Waals surface area contributed by atoms with E-state index in [0.29, 0.717) is 25.0 Å². The van der Waals surface area contributed by atoms with Gasteiger partial charge in [0, 0.05) is 18.4 Å². The Morgan fingerprint density at radius 2 is 2.00 bits per heavy atom. The zero-order valence-corrected chi connectivity index (χ0v) is 17.5. The summed E-state index contributed by atoms with van der Waals surface area (Å²) in [6.07, 6.45) is -3.12. The van der Waals surface area contributed by atoms with E-state index in [-0.39, 0.29) is 46.7 Å². The number of esters is 1. The van der Waals surface area contributed by atoms with Gasteiger partial charge in [0.15, 0.2) is 5.78 Å². The van der Waals surface area contributed by atoms with E-state index in [4.69, 9.17) is 24.4 Å². The Hall–Kier alpha value is -3.69. The molecule has 2 heterocycles. The minimum absolute atomic E-state index is 0.0145.